The highest BCUT2D eigenvalue weighted by Gasteiger charge is 2.38. The van der Waals surface area contributed by atoms with Crippen LogP contribution in [0.25, 0.3) is 5.69 Å². The van der Waals surface area contributed by atoms with Crippen LogP contribution in [0.1, 0.15) is 110 Å². The molecule has 2 aromatic heterocycles. The molecule has 41 heavy (non-hydrogen) atoms. The van der Waals surface area contributed by atoms with Gasteiger partial charge >= 0.3 is 6.18 Å². The molecule has 1 saturated carbocycles. The number of halogens is 3. The van der Waals surface area contributed by atoms with Crippen molar-refractivity contribution in [3.63, 3.8) is 0 Å². The van der Waals surface area contributed by atoms with Crippen LogP contribution in [0.3, 0.4) is 0 Å². The van der Waals surface area contributed by atoms with Crippen LogP contribution in [0, 0.1) is 5.92 Å². The second-order valence-corrected chi connectivity index (χ2v) is 11.4. The number of carbonyl (C=O) groups is 1. The smallest absolute Gasteiger partial charge is 0.433 e. The third-order valence-electron chi connectivity index (χ3n) is 8.87. The van der Waals surface area contributed by atoms with E-state index in [0.717, 1.165) is 60.3 Å². The Morgan fingerprint density at radius 1 is 1.20 bits per heavy atom. The zero-order chi connectivity index (χ0) is 29.5. The van der Waals surface area contributed by atoms with Crippen molar-refractivity contribution < 1.29 is 23.1 Å². The van der Waals surface area contributed by atoms with Crippen LogP contribution in [-0.4, -0.2) is 37.2 Å². The van der Waals surface area contributed by atoms with Crippen LogP contribution in [0.5, 0.6) is 5.75 Å². The van der Waals surface area contributed by atoms with Gasteiger partial charge in [0.1, 0.15) is 22.9 Å². The number of benzene rings is 1. The predicted molar refractivity (Wildman–Crippen MR) is 151 cm³/mol. The maximum Gasteiger partial charge on any atom is 0.433 e. The molecule has 2 unspecified atom stereocenters. The second-order valence-electron chi connectivity index (χ2n) is 11.4. The van der Waals surface area contributed by atoms with Gasteiger partial charge in [-0.15, -0.1) is 0 Å². The quantitative estimate of drug-likeness (QED) is 0.305. The normalized spacial score (nSPS) is 18.2. The van der Waals surface area contributed by atoms with Gasteiger partial charge in [0.25, 0.3) is 5.91 Å². The summed E-state index contributed by atoms with van der Waals surface area (Å²) in [5.41, 5.74) is 9.24. The van der Waals surface area contributed by atoms with Gasteiger partial charge in [0.15, 0.2) is 0 Å². The molecule has 3 N–H and O–H groups in total. The average Bonchev–Trinajstić information content (AvgIpc) is 3.27. The largest absolute Gasteiger partial charge is 0.506 e. The maximum absolute atomic E-state index is 13.7. The topological polar surface area (TPSA) is 97.3 Å². The fraction of sp³-hybridized carbons (Fsp3) is 0.516. The molecule has 2 aliphatic rings. The number of nitrogen functional groups attached to an aromatic ring is 1. The molecule has 1 fully saturated rings. The third kappa shape index (κ3) is 5.53. The number of aromatic nitrogens is 3. The maximum atomic E-state index is 13.7. The lowest BCUT2D eigenvalue weighted by Crippen LogP contribution is -2.40. The summed E-state index contributed by atoms with van der Waals surface area (Å²) in [4.78, 5) is 18.9. The Hall–Kier alpha value is -3.56. The number of carbonyl (C=O) groups excluding carboxylic acids is 1. The molecule has 1 aromatic carbocycles. The van der Waals surface area contributed by atoms with Crippen molar-refractivity contribution in [3.8, 4) is 11.4 Å². The lowest BCUT2D eigenvalue weighted by molar-refractivity contribution is -0.141. The number of rotatable bonds is 8. The first-order valence-electron chi connectivity index (χ1n) is 14.6. The van der Waals surface area contributed by atoms with E-state index in [0.29, 0.717) is 43.3 Å². The SMILES string of the molecule is CCC(C)CCc1nn(-c2ccc(C3CCC3)cc2O)c2c1C(CC)N(C(=O)c1ccc(C(F)(F)F)nc1N)CC2. The van der Waals surface area contributed by atoms with E-state index in [9.17, 15) is 23.1 Å². The Kier molecular flexibility index (Phi) is 8.03. The molecule has 3 aromatic rings. The number of anilines is 1. The number of hydrogen-bond acceptors (Lipinski definition) is 5. The fourth-order valence-corrected chi connectivity index (χ4v) is 6.00. The first-order valence-corrected chi connectivity index (χ1v) is 14.6. The van der Waals surface area contributed by atoms with Crippen molar-refractivity contribution in [3.05, 3.63) is 64.1 Å². The zero-order valence-electron chi connectivity index (χ0n) is 23.8. The number of hydrogen-bond donors (Lipinski definition) is 2. The molecular formula is C31H38F3N5O2. The van der Waals surface area contributed by atoms with E-state index >= 15 is 0 Å². The van der Waals surface area contributed by atoms with E-state index in [1.165, 1.54) is 6.42 Å². The Morgan fingerprint density at radius 3 is 2.54 bits per heavy atom. The number of nitrogens with two attached hydrogens (primary N) is 1. The number of aromatic hydroxyl groups is 1. The summed E-state index contributed by atoms with van der Waals surface area (Å²) in [7, 11) is 0. The van der Waals surface area contributed by atoms with Crippen molar-refractivity contribution >= 4 is 11.7 Å². The van der Waals surface area contributed by atoms with Gasteiger partial charge in [-0.05, 0) is 73.8 Å². The standard InChI is InChI=1S/C31H38F3N5O2/c1-4-18(3)9-12-22-28-23(5-2)38(30(41)21-11-14-27(31(32,33)34)36-29(21)35)16-15-25(28)39(37-22)24-13-10-20(17-26(24)40)19-7-6-8-19/h10-11,13-14,17-19,23,40H,4-9,12,15-16H2,1-3H3,(H2,35,36). The second kappa shape index (κ2) is 11.4. The number of pyridine rings is 1. The van der Waals surface area contributed by atoms with E-state index in [2.05, 4.69) is 24.9 Å². The molecule has 0 saturated heterocycles. The summed E-state index contributed by atoms with van der Waals surface area (Å²) >= 11 is 0. The number of alkyl halides is 3. The summed E-state index contributed by atoms with van der Waals surface area (Å²) < 4.78 is 41.3. The van der Waals surface area contributed by atoms with Gasteiger partial charge in [0.2, 0.25) is 0 Å². The Morgan fingerprint density at radius 2 is 1.95 bits per heavy atom. The summed E-state index contributed by atoms with van der Waals surface area (Å²) in [6, 6.07) is 7.42. The summed E-state index contributed by atoms with van der Waals surface area (Å²) in [6.07, 6.45) is 2.57. The van der Waals surface area contributed by atoms with Crippen molar-refractivity contribution in [1.29, 1.82) is 0 Å². The van der Waals surface area contributed by atoms with Crippen LogP contribution in [0.4, 0.5) is 19.0 Å². The fourth-order valence-electron chi connectivity index (χ4n) is 6.00. The lowest BCUT2D eigenvalue weighted by atomic mass is 9.80. The van der Waals surface area contributed by atoms with Crippen molar-refractivity contribution in [1.82, 2.24) is 19.7 Å². The van der Waals surface area contributed by atoms with Gasteiger partial charge in [0.05, 0.1) is 23.0 Å². The molecule has 3 heterocycles. The van der Waals surface area contributed by atoms with Gasteiger partial charge < -0.3 is 15.7 Å². The molecular weight excluding hydrogens is 531 g/mol. The van der Waals surface area contributed by atoms with Crippen LogP contribution in [-0.2, 0) is 19.0 Å². The highest BCUT2D eigenvalue weighted by Crippen LogP contribution is 2.41. The Labute approximate surface area is 238 Å². The molecule has 0 spiro atoms. The van der Waals surface area contributed by atoms with E-state index < -0.39 is 23.6 Å². The van der Waals surface area contributed by atoms with Crippen LogP contribution in [0.2, 0.25) is 0 Å². The number of aryl methyl sites for hydroxylation is 1. The average molecular weight is 570 g/mol. The predicted octanol–water partition coefficient (Wildman–Crippen LogP) is 6.97. The minimum atomic E-state index is -4.65. The first kappa shape index (κ1) is 29.0. The number of phenols is 1. The Bertz CT molecular complexity index is 1430. The summed E-state index contributed by atoms with van der Waals surface area (Å²) in [5.74, 6) is 0.279. The molecule has 220 valence electrons. The molecule has 5 rings (SSSR count). The number of amides is 1. The highest BCUT2D eigenvalue weighted by atomic mass is 19.4. The lowest BCUT2D eigenvalue weighted by Gasteiger charge is -2.36. The molecule has 1 aliphatic carbocycles. The number of fused-ring (bicyclic) bond motifs is 1. The number of nitrogens with zero attached hydrogens (tertiary/aromatic N) is 4. The summed E-state index contributed by atoms with van der Waals surface area (Å²) in [5, 5.41) is 16.1. The monoisotopic (exact) mass is 569 g/mol. The van der Waals surface area contributed by atoms with E-state index in [1.54, 1.807) is 4.90 Å². The van der Waals surface area contributed by atoms with Gasteiger partial charge in [-0.3, -0.25) is 4.79 Å². The van der Waals surface area contributed by atoms with Gasteiger partial charge in [-0.2, -0.15) is 18.3 Å². The summed E-state index contributed by atoms with van der Waals surface area (Å²) in [6.45, 7) is 6.66. The molecule has 0 bridgehead atoms. The molecule has 7 nitrogen and oxygen atoms in total. The van der Waals surface area contributed by atoms with Gasteiger partial charge in [-0.1, -0.05) is 39.7 Å². The zero-order valence-corrected chi connectivity index (χ0v) is 23.8. The van der Waals surface area contributed by atoms with Crippen LogP contribution < -0.4 is 5.73 Å². The van der Waals surface area contributed by atoms with E-state index in [-0.39, 0.29) is 17.4 Å². The van der Waals surface area contributed by atoms with Gasteiger partial charge in [-0.25, -0.2) is 9.67 Å². The minimum Gasteiger partial charge on any atom is -0.506 e. The molecule has 0 radical (unpaired) electrons. The molecule has 1 amide bonds. The van der Waals surface area contributed by atoms with Crippen molar-refractivity contribution in [2.75, 3.05) is 12.3 Å². The molecule has 2 atom stereocenters. The van der Waals surface area contributed by atoms with Crippen LogP contribution >= 0.6 is 0 Å². The molecule has 1 aliphatic heterocycles. The van der Waals surface area contributed by atoms with Gasteiger partial charge in [0, 0.05) is 18.5 Å². The van der Waals surface area contributed by atoms with Crippen molar-refractivity contribution in [2.45, 2.75) is 90.3 Å². The minimum absolute atomic E-state index is 0.0438. The van der Waals surface area contributed by atoms with Crippen molar-refractivity contribution in [2.24, 2.45) is 5.92 Å². The molecule has 10 heteroatoms. The van der Waals surface area contributed by atoms with Crippen LogP contribution in [0.15, 0.2) is 30.3 Å². The number of phenolic OH excluding ortho intramolecular Hbond substituents is 1. The van der Waals surface area contributed by atoms with E-state index in [1.807, 2.05) is 23.7 Å². The Balaban J connectivity index is 1.53. The third-order valence-corrected chi connectivity index (χ3v) is 8.87. The van der Waals surface area contributed by atoms with E-state index in [4.69, 9.17) is 10.8 Å². The first-order chi connectivity index (χ1) is 19.5. The highest BCUT2D eigenvalue weighted by molar-refractivity contribution is 5.98.